The molecule has 1 unspecified atom stereocenters. The molecule has 5 nitrogen and oxygen atoms in total. The Morgan fingerprint density at radius 3 is 2.95 bits per heavy atom. The van der Waals surface area contributed by atoms with Crippen molar-refractivity contribution in [1.82, 2.24) is 0 Å². The van der Waals surface area contributed by atoms with Gasteiger partial charge >= 0.3 is 0 Å². The standard InChI is InChI=1S/C15H17FN2O3/c16-11-7-10-12(17-15(21)14(10)20)8-13(11)18-5-1-3-9(18)4-2-6-19/h7-9,19H,1-6H2,(H,17,20,21). The van der Waals surface area contributed by atoms with Gasteiger partial charge in [0.15, 0.2) is 0 Å². The molecule has 6 heteroatoms. The molecule has 21 heavy (non-hydrogen) atoms. The third-order valence-electron chi connectivity index (χ3n) is 4.17. The zero-order valence-electron chi connectivity index (χ0n) is 11.6. The van der Waals surface area contributed by atoms with E-state index in [1.54, 1.807) is 6.07 Å². The second-order valence-corrected chi connectivity index (χ2v) is 5.49. The number of rotatable bonds is 4. The summed E-state index contributed by atoms with van der Waals surface area (Å²) in [6.45, 7) is 0.870. The Labute approximate surface area is 121 Å². The van der Waals surface area contributed by atoms with Crippen molar-refractivity contribution in [3.8, 4) is 0 Å². The van der Waals surface area contributed by atoms with Gasteiger partial charge in [0.05, 0.1) is 16.9 Å². The Bertz CT molecular complexity index is 603. The van der Waals surface area contributed by atoms with Gasteiger partial charge in [0.2, 0.25) is 0 Å². The van der Waals surface area contributed by atoms with Crippen LogP contribution in [0.2, 0.25) is 0 Å². The number of nitrogens with zero attached hydrogens (tertiary/aromatic N) is 1. The molecule has 0 radical (unpaired) electrons. The molecule has 0 spiro atoms. The number of anilines is 2. The summed E-state index contributed by atoms with van der Waals surface area (Å²) in [5.74, 6) is -1.87. The number of fused-ring (bicyclic) bond motifs is 1. The first-order valence-electron chi connectivity index (χ1n) is 7.18. The number of halogens is 1. The summed E-state index contributed by atoms with van der Waals surface area (Å²) in [6, 6.07) is 2.88. The van der Waals surface area contributed by atoms with Crippen molar-refractivity contribution in [2.45, 2.75) is 31.7 Å². The number of hydrogen-bond acceptors (Lipinski definition) is 4. The van der Waals surface area contributed by atoms with Crippen LogP contribution in [0.3, 0.4) is 0 Å². The van der Waals surface area contributed by atoms with Crippen LogP contribution in [-0.4, -0.2) is 36.0 Å². The smallest absolute Gasteiger partial charge is 0.296 e. The van der Waals surface area contributed by atoms with Gasteiger partial charge in [0.25, 0.3) is 11.7 Å². The van der Waals surface area contributed by atoms with Crippen LogP contribution in [0.1, 0.15) is 36.0 Å². The highest BCUT2D eigenvalue weighted by atomic mass is 19.1. The van der Waals surface area contributed by atoms with Gasteiger partial charge in [-0.2, -0.15) is 0 Å². The molecule has 2 aliphatic heterocycles. The van der Waals surface area contributed by atoms with E-state index in [2.05, 4.69) is 5.32 Å². The molecule has 1 atom stereocenters. The molecule has 0 bridgehead atoms. The van der Waals surface area contributed by atoms with Crippen LogP contribution in [0.5, 0.6) is 0 Å². The van der Waals surface area contributed by atoms with E-state index in [0.29, 0.717) is 17.8 Å². The minimum Gasteiger partial charge on any atom is -0.396 e. The molecular weight excluding hydrogens is 275 g/mol. The number of ketones is 1. The minimum atomic E-state index is -0.709. The van der Waals surface area contributed by atoms with E-state index >= 15 is 0 Å². The zero-order chi connectivity index (χ0) is 15.0. The Kier molecular flexibility index (Phi) is 3.63. The lowest BCUT2D eigenvalue weighted by molar-refractivity contribution is -0.112. The number of aliphatic hydroxyl groups excluding tert-OH is 1. The number of aliphatic hydroxyl groups is 1. The molecule has 0 aliphatic carbocycles. The van der Waals surface area contributed by atoms with Gasteiger partial charge in [0.1, 0.15) is 5.82 Å². The molecule has 1 aromatic rings. The number of carbonyl (C=O) groups excluding carboxylic acids is 2. The fourth-order valence-corrected chi connectivity index (χ4v) is 3.15. The third kappa shape index (κ3) is 2.40. The van der Waals surface area contributed by atoms with E-state index in [0.717, 1.165) is 31.9 Å². The van der Waals surface area contributed by atoms with Crippen molar-refractivity contribution in [1.29, 1.82) is 0 Å². The van der Waals surface area contributed by atoms with Crippen LogP contribution >= 0.6 is 0 Å². The van der Waals surface area contributed by atoms with E-state index in [1.807, 2.05) is 4.90 Å². The molecule has 2 heterocycles. The van der Waals surface area contributed by atoms with Crippen LogP contribution in [0.25, 0.3) is 0 Å². The SMILES string of the molecule is O=C1Nc2cc(N3CCCC3CCCO)c(F)cc2C1=O. The van der Waals surface area contributed by atoms with E-state index in [1.165, 1.54) is 0 Å². The molecule has 0 saturated carbocycles. The van der Waals surface area contributed by atoms with E-state index in [-0.39, 0.29) is 18.2 Å². The molecule has 3 rings (SSSR count). The van der Waals surface area contributed by atoms with Crippen LogP contribution in [0, 0.1) is 5.82 Å². The minimum absolute atomic E-state index is 0.104. The fourth-order valence-electron chi connectivity index (χ4n) is 3.15. The van der Waals surface area contributed by atoms with Gasteiger partial charge in [-0.15, -0.1) is 0 Å². The van der Waals surface area contributed by atoms with Gasteiger partial charge in [-0.1, -0.05) is 0 Å². The van der Waals surface area contributed by atoms with Gasteiger partial charge in [-0.25, -0.2) is 4.39 Å². The van der Waals surface area contributed by atoms with Crippen LogP contribution in [0.4, 0.5) is 15.8 Å². The molecule has 1 saturated heterocycles. The summed E-state index contributed by atoms with van der Waals surface area (Å²) in [6.07, 6.45) is 3.42. The number of Topliss-reactive ketones (excluding diaryl/α,β-unsaturated/α-hetero) is 1. The summed E-state index contributed by atoms with van der Waals surface area (Å²) >= 11 is 0. The normalized spacial score (nSPS) is 20.9. The maximum Gasteiger partial charge on any atom is 0.296 e. The molecule has 1 aromatic carbocycles. The first-order valence-corrected chi connectivity index (χ1v) is 7.18. The number of carbonyl (C=O) groups is 2. The average Bonchev–Trinajstić information content (AvgIpc) is 3.03. The lowest BCUT2D eigenvalue weighted by Crippen LogP contribution is -2.30. The van der Waals surface area contributed by atoms with Gasteiger partial charge in [0, 0.05) is 19.2 Å². The Balaban J connectivity index is 1.91. The molecular formula is C15H17FN2O3. The lowest BCUT2D eigenvalue weighted by Gasteiger charge is -2.27. The Morgan fingerprint density at radius 2 is 2.19 bits per heavy atom. The monoisotopic (exact) mass is 292 g/mol. The van der Waals surface area contributed by atoms with Gasteiger partial charge < -0.3 is 15.3 Å². The average molecular weight is 292 g/mol. The van der Waals surface area contributed by atoms with E-state index in [9.17, 15) is 14.0 Å². The van der Waals surface area contributed by atoms with Crippen LogP contribution < -0.4 is 10.2 Å². The van der Waals surface area contributed by atoms with Crippen molar-refractivity contribution in [3.63, 3.8) is 0 Å². The van der Waals surface area contributed by atoms with E-state index < -0.39 is 17.5 Å². The number of hydrogen-bond donors (Lipinski definition) is 2. The summed E-state index contributed by atoms with van der Waals surface area (Å²) in [4.78, 5) is 24.9. The van der Waals surface area contributed by atoms with Crippen LogP contribution in [-0.2, 0) is 4.79 Å². The zero-order valence-corrected chi connectivity index (χ0v) is 11.6. The van der Waals surface area contributed by atoms with Crippen molar-refractivity contribution in [2.75, 3.05) is 23.4 Å². The molecule has 2 N–H and O–H groups in total. The van der Waals surface area contributed by atoms with Gasteiger partial charge in [-0.05, 0) is 37.8 Å². The second-order valence-electron chi connectivity index (χ2n) is 5.49. The maximum absolute atomic E-state index is 14.3. The summed E-state index contributed by atoms with van der Waals surface area (Å²) < 4.78 is 14.3. The predicted octanol–water partition coefficient (Wildman–Crippen LogP) is 1.70. The van der Waals surface area contributed by atoms with Gasteiger partial charge in [-0.3, -0.25) is 9.59 Å². The van der Waals surface area contributed by atoms with E-state index in [4.69, 9.17) is 5.11 Å². The largest absolute Gasteiger partial charge is 0.396 e. The molecule has 112 valence electrons. The first kappa shape index (κ1) is 14.0. The highest BCUT2D eigenvalue weighted by molar-refractivity contribution is 6.51. The summed E-state index contributed by atoms with van der Waals surface area (Å²) in [5, 5.41) is 11.4. The molecule has 1 fully saturated rings. The number of amides is 1. The van der Waals surface area contributed by atoms with Crippen LogP contribution in [0.15, 0.2) is 12.1 Å². The third-order valence-corrected chi connectivity index (χ3v) is 4.17. The van der Waals surface area contributed by atoms with Crippen molar-refractivity contribution < 1.29 is 19.1 Å². The highest BCUT2D eigenvalue weighted by Crippen LogP contribution is 2.35. The number of nitrogens with one attached hydrogen (secondary N) is 1. The molecule has 2 aliphatic rings. The molecule has 0 aromatic heterocycles. The quantitative estimate of drug-likeness (QED) is 0.829. The Morgan fingerprint density at radius 1 is 1.38 bits per heavy atom. The predicted molar refractivity (Wildman–Crippen MR) is 76.0 cm³/mol. The lowest BCUT2D eigenvalue weighted by atomic mass is 10.1. The second kappa shape index (κ2) is 5.44. The maximum atomic E-state index is 14.3. The fraction of sp³-hybridized carbons (Fsp3) is 0.467. The van der Waals surface area contributed by atoms with Crippen molar-refractivity contribution >= 4 is 23.1 Å². The van der Waals surface area contributed by atoms with Crippen molar-refractivity contribution in [3.05, 3.63) is 23.5 Å². The highest BCUT2D eigenvalue weighted by Gasteiger charge is 2.32. The first-order chi connectivity index (χ1) is 10.1. The molecule has 1 amide bonds. The summed E-state index contributed by atoms with van der Waals surface area (Å²) in [5.41, 5.74) is 0.908. The Hall–Kier alpha value is -1.95. The summed E-state index contributed by atoms with van der Waals surface area (Å²) in [7, 11) is 0. The topological polar surface area (TPSA) is 69.6 Å². The number of benzene rings is 1. The van der Waals surface area contributed by atoms with Crippen molar-refractivity contribution in [2.24, 2.45) is 0 Å².